The van der Waals surface area contributed by atoms with E-state index >= 15 is 4.79 Å². The summed E-state index contributed by atoms with van der Waals surface area (Å²) >= 11 is 6.65. The van der Waals surface area contributed by atoms with Crippen LogP contribution >= 0.6 is 11.6 Å². The van der Waals surface area contributed by atoms with Gasteiger partial charge in [-0.05, 0) is 87.8 Å². The van der Waals surface area contributed by atoms with Crippen LogP contribution < -0.4 is 13.8 Å². The number of carbonyl (C=O) groups is 1. The summed E-state index contributed by atoms with van der Waals surface area (Å²) in [6.07, 6.45) is 4.45. The molecule has 0 aliphatic carbocycles. The number of likely N-dealkylation sites (tertiary alicyclic amines) is 1. The molecule has 1 fully saturated rings. The molecular formula is C34H37ClN4O6S. The average Bonchev–Trinajstić information content (AvgIpc) is 3.80. The molecule has 2 unspecified atom stereocenters. The Hall–Kier alpha value is -3.90. The quantitative estimate of drug-likeness (QED) is 0.202. The van der Waals surface area contributed by atoms with Crippen LogP contribution in [-0.4, -0.2) is 63.0 Å². The van der Waals surface area contributed by atoms with Crippen molar-refractivity contribution in [1.82, 2.24) is 14.8 Å². The third kappa shape index (κ3) is 5.15. The van der Waals surface area contributed by atoms with Crippen molar-refractivity contribution < 1.29 is 27.1 Å². The summed E-state index contributed by atoms with van der Waals surface area (Å²) in [6, 6.07) is 16.5. The van der Waals surface area contributed by atoms with Gasteiger partial charge in [-0.15, -0.1) is 0 Å². The van der Waals surface area contributed by atoms with Gasteiger partial charge in [0, 0.05) is 35.3 Å². The van der Waals surface area contributed by atoms with Crippen molar-refractivity contribution in [2.75, 3.05) is 32.1 Å². The van der Waals surface area contributed by atoms with Gasteiger partial charge in [0.2, 0.25) is 5.89 Å². The molecular weight excluding hydrogens is 628 g/mol. The van der Waals surface area contributed by atoms with Crippen LogP contribution in [-0.2, 0) is 26.9 Å². The minimum Gasteiger partial charge on any atom is -0.497 e. The molecule has 6 rings (SSSR count). The molecule has 0 saturated carbocycles. The van der Waals surface area contributed by atoms with E-state index in [0.717, 1.165) is 16.3 Å². The van der Waals surface area contributed by atoms with E-state index in [0.29, 0.717) is 59.1 Å². The second-order valence-electron chi connectivity index (χ2n) is 11.9. The van der Waals surface area contributed by atoms with Gasteiger partial charge in [0.15, 0.2) is 5.54 Å². The molecule has 46 heavy (non-hydrogen) atoms. The maximum atomic E-state index is 15.4. The molecule has 3 aromatic carbocycles. The normalized spacial score (nSPS) is 20.1. The number of hydrogen-bond acceptors (Lipinski definition) is 9. The van der Waals surface area contributed by atoms with E-state index in [1.54, 1.807) is 43.6 Å². The van der Waals surface area contributed by atoms with Crippen LogP contribution in [0.2, 0.25) is 5.02 Å². The summed E-state index contributed by atoms with van der Waals surface area (Å²) in [4.78, 5) is 24.0. The molecule has 1 amide bonds. The van der Waals surface area contributed by atoms with Gasteiger partial charge in [0.05, 0.1) is 37.0 Å². The number of oxazole rings is 1. The maximum absolute atomic E-state index is 15.4. The Kier molecular flexibility index (Phi) is 8.62. The van der Waals surface area contributed by atoms with E-state index in [1.165, 1.54) is 25.5 Å². The topological polar surface area (TPSA) is 105 Å². The number of sulfonamides is 1. The highest BCUT2D eigenvalue weighted by Crippen LogP contribution is 2.56. The lowest BCUT2D eigenvalue weighted by atomic mass is 9.80. The molecule has 10 nitrogen and oxygen atoms in total. The molecule has 0 N–H and O–H groups in total. The van der Waals surface area contributed by atoms with Gasteiger partial charge in [-0.1, -0.05) is 23.7 Å². The van der Waals surface area contributed by atoms with Gasteiger partial charge >= 0.3 is 0 Å². The van der Waals surface area contributed by atoms with Gasteiger partial charge in [0.1, 0.15) is 17.8 Å². The number of ether oxygens (including phenoxy) is 2. The van der Waals surface area contributed by atoms with Crippen LogP contribution in [0.15, 0.2) is 82.4 Å². The fourth-order valence-corrected chi connectivity index (χ4v) is 8.19. The molecule has 1 saturated heterocycles. The molecule has 0 spiro atoms. The Bertz CT molecular complexity index is 1850. The zero-order valence-electron chi connectivity index (χ0n) is 26.4. The third-order valence-electron chi connectivity index (χ3n) is 9.05. The maximum Gasteiger partial charge on any atom is 0.271 e. The first-order valence-corrected chi connectivity index (χ1v) is 16.9. The Morgan fingerprint density at radius 2 is 1.83 bits per heavy atom. The summed E-state index contributed by atoms with van der Waals surface area (Å²) in [7, 11) is 0.699. The number of methoxy groups -OCH3 is 2. The van der Waals surface area contributed by atoms with E-state index in [4.69, 9.17) is 25.5 Å². The van der Waals surface area contributed by atoms with Gasteiger partial charge < -0.3 is 13.9 Å². The largest absolute Gasteiger partial charge is 0.497 e. The number of hydrogen-bond donors (Lipinski definition) is 0. The van der Waals surface area contributed by atoms with Crippen molar-refractivity contribution in [3.63, 3.8) is 0 Å². The number of benzene rings is 3. The van der Waals surface area contributed by atoms with Crippen LogP contribution in [0.3, 0.4) is 0 Å². The number of carbonyl (C=O) groups excluding carboxylic acids is 1. The van der Waals surface area contributed by atoms with E-state index < -0.39 is 27.5 Å². The van der Waals surface area contributed by atoms with Crippen LogP contribution in [0.25, 0.3) is 0 Å². The minimum atomic E-state index is -4.40. The van der Waals surface area contributed by atoms with Crippen molar-refractivity contribution in [3.8, 4) is 11.5 Å². The highest BCUT2D eigenvalue weighted by molar-refractivity contribution is 7.93. The number of anilines is 1. The fraction of sp³-hybridized carbons (Fsp3) is 0.353. The average molecular weight is 665 g/mol. The number of halogens is 1. The molecule has 242 valence electrons. The second kappa shape index (κ2) is 12.4. The molecule has 2 atom stereocenters. The predicted octanol–water partition coefficient (Wildman–Crippen LogP) is 6.00. The standard InChI is InChI=1S/C34H37ClN4O6S/c1-22(2)37(3)21-23-8-14-27(31(19-23)44-5)34(38-17-6-7-30(38)32-36-16-18-45-32)28-20-24(35)9-15-29(28)39(33(34)40)46(41,42)26-12-10-25(43-4)11-13-26/h8-16,18-20,22,30H,6-7,17,21H2,1-5H3. The first kappa shape index (κ1) is 32.1. The zero-order valence-corrected chi connectivity index (χ0v) is 28.0. The summed E-state index contributed by atoms with van der Waals surface area (Å²) < 4.78 is 46.9. The van der Waals surface area contributed by atoms with Crippen molar-refractivity contribution in [3.05, 3.63) is 101 Å². The lowest BCUT2D eigenvalue weighted by Gasteiger charge is -2.41. The number of aromatic nitrogens is 1. The van der Waals surface area contributed by atoms with Crippen molar-refractivity contribution in [1.29, 1.82) is 0 Å². The number of rotatable bonds is 10. The van der Waals surface area contributed by atoms with Crippen molar-refractivity contribution >= 4 is 33.2 Å². The molecule has 2 aliphatic rings. The smallest absolute Gasteiger partial charge is 0.271 e. The lowest BCUT2D eigenvalue weighted by molar-refractivity contribution is -0.127. The number of nitrogens with zero attached hydrogens (tertiary/aromatic N) is 4. The Labute approximate surface area is 274 Å². The van der Waals surface area contributed by atoms with Crippen LogP contribution in [0.4, 0.5) is 5.69 Å². The summed E-state index contributed by atoms with van der Waals surface area (Å²) in [5, 5.41) is 0.362. The molecule has 0 radical (unpaired) electrons. The highest BCUT2D eigenvalue weighted by Gasteiger charge is 2.62. The monoisotopic (exact) mass is 664 g/mol. The van der Waals surface area contributed by atoms with E-state index in [9.17, 15) is 8.42 Å². The van der Waals surface area contributed by atoms with Crippen molar-refractivity contribution in [2.45, 2.75) is 55.8 Å². The molecule has 12 heteroatoms. The number of amides is 1. The number of fused-ring (bicyclic) bond motifs is 1. The van der Waals surface area contributed by atoms with E-state index in [2.05, 4.69) is 23.7 Å². The molecule has 1 aromatic heterocycles. The van der Waals surface area contributed by atoms with Crippen LogP contribution in [0.1, 0.15) is 55.3 Å². The lowest BCUT2D eigenvalue weighted by Crippen LogP contribution is -2.54. The van der Waals surface area contributed by atoms with Crippen molar-refractivity contribution in [2.24, 2.45) is 0 Å². The van der Waals surface area contributed by atoms with Gasteiger partial charge in [0.25, 0.3) is 15.9 Å². The molecule has 4 aromatic rings. The van der Waals surface area contributed by atoms with Gasteiger partial charge in [-0.25, -0.2) is 17.7 Å². The predicted molar refractivity (Wildman–Crippen MR) is 175 cm³/mol. The fourth-order valence-electron chi connectivity index (χ4n) is 6.56. The third-order valence-corrected chi connectivity index (χ3v) is 11.0. The Balaban J connectivity index is 1.62. The first-order chi connectivity index (χ1) is 22.0. The minimum absolute atomic E-state index is 0.0527. The molecule has 3 heterocycles. The SMILES string of the molecule is COc1ccc(S(=O)(=O)N2C(=O)C(c3ccc(CN(C)C(C)C)cc3OC)(N3CCCC3c3ncco3)c3cc(Cl)ccc32)cc1. The zero-order chi connectivity index (χ0) is 32.8. The van der Waals surface area contributed by atoms with E-state index in [1.807, 2.05) is 30.1 Å². The summed E-state index contributed by atoms with van der Waals surface area (Å²) in [5.74, 6) is 0.728. The first-order valence-electron chi connectivity index (χ1n) is 15.1. The molecule has 0 bridgehead atoms. The van der Waals surface area contributed by atoms with Crippen LogP contribution in [0.5, 0.6) is 11.5 Å². The van der Waals surface area contributed by atoms with Gasteiger partial charge in [-0.3, -0.25) is 14.6 Å². The molecule has 2 aliphatic heterocycles. The summed E-state index contributed by atoms with van der Waals surface area (Å²) in [5.41, 5.74) is 0.491. The highest BCUT2D eigenvalue weighted by atomic mass is 35.5. The Morgan fingerprint density at radius 3 is 2.48 bits per heavy atom. The van der Waals surface area contributed by atoms with Gasteiger partial charge in [-0.2, -0.15) is 0 Å². The summed E-state index contributed by atoms with van der Waals surface area (Å²) in [6.45, 7) is 5.35. The van der Waals surface area contributed by atoms with E-state index in [-0.39, 0.29) is 10.6 Å². The van der Waals surface area contributed by atoms with Crippen LogP contribution in [0, 0.1) is 0 Å². The Morgan fingerprint density at radius 1 is 1.07 bits per heavy atom. The second-order valence-corrected chi connectivity index (χ2v) is 14.1.